The van der Waals surface area contributed by atoms with Crippen molar-refractivity contribution in [2.75, 3.05) is 12.3 Å². The maximum atomic E-state index is 12.3. The van der Waals surface area contributed by atoms with Crippen LogP contribution < -0.4 is 10.5 Å². The molecular weight excluding hydrogens is 340 g/mol. The Morgan fingerprint density at radius 1 is 1.35 bits per heavy atom. The third-order valence-corrected chi connectivity index (χ3v) is 6.45. The van der Waals surface area contributed by atoms with Crippen LogP contribution in [0.1, 0.15) is 39.0 Å². The third-order valence-electron chi connectivity index (χ3n) is 4.33. The van der Waals surface area contributed by atoms with Crippen LogP contribution in [-0.4, -0.2) is 15.0 Å². The van der Waals surface area contributed by atoms with Crippen LogP contribution in [0.25, 0.3) is 0 Å². The molecule has 1 aromatic rings. The van der Waals surface area contributed by atoms with E-state index < -0.39 is 10.0 Å². The SMILES string of the molecule is CCC1(CNS(=O)(=O)c2ccc(Br)c(N)c2)CCCC1. The van der Waals surface area contributed by atoms with Crippen LogP contribution in [0.5, 0.6) is 0 Å². The molecular formula is C14H21BrN2O2S. The molecule has 1 fully saturated rings. The van der Waals surface area contributed by atoms with Crippen molar-refractivity contribution in [2.24, 2.45) is 5.41 Å². The van der Waals surface area contributed by atoms with E-state index in [0.29, 0.717) is 16.7 Å². The van der Waals surface area contributed by atoms with Gasteiger partial charge in [-0.3, -0.25) is 0 Å². The summed E-state index contributed by atoms with van der Waals surface area (Å²) in [5.41, 5.74) is 6.31. The van der Waals surface area contributed by atoms with Crippen LogP contribution in [-0.2, 0) is 10.0 Å². The van der Waals surface area contributed by atoms with Crippen molar-refractivity contribution in [3.8, 4) is 0 Å². The fourth-order valence-corrected chi connectivity index (χ4v) is 4.24. The summed E-state index contributed by atoms with van der Waals surface area (Å²) in [6.07, 6.45) is 5.61. The number of sulfonamides is 1. The van der Waals surface area contributed by atoms with E-state index >= 15 is 0 Å². The zero-order valence-corrected chi connectivity index (χ0v) is 14.1. The molecule has 1 aliphatic rings. The lowest BCUT2D eigenvalue weighted by Gasteiger charge is -2.27. The molecule has 3 N–H and O–H groups in total. The van der Waals surface area contributed by atoms with Crippen LogP contribution in [0.3, 0.4) is 0 Å². The second-order valence-electron chi connectivity index (χ2n) is 5.57. The molecule has 2 rings (SSSR count). The van der Waals surface area contributed by atoms with Gasteiger partial charge in [-0.2, -0.15) is 0 Å². The molecule has 0 bridgehead atoms. The number of nitrogens with two attached hydrogens (primary N) is 1. The number of nitrogen functional groups attached to an aromatic ring is 1. The van der Waals surface area contributed by atoms with Gasteiger partial charge >= 0.3 is 0 Å². The van der Waals surface area contributed by atoms with Gasteiger partial charge in [0.25, 0.3) is 0 Å². The molecule has 1 aromatic carbocycles. The Kier molecular flexibility index (Phi) is 4.76. The highest BCUT2D eigenvalue weighted by molar-refractivity contribution is 9.10. The van der Waals surface area contributed by atoms with E-state index in [-0.39, 0.29) is 10.3 Å². The Morgan fingerprint density at radius 3 is 2.55 bits per heavy atom. The van der Waals surface area contributed by atoms with Gasteiger partial charge in [-0.15, -0.1) is 0 Å². The number of rotatable bonds is 5. The number of halogens is 1. The van der Waals surface area contributed by atoms with E-state index in [4.69, 9.17) is 5.73 Å². The summed E-state index contributed by atoms with van der Waals surface area (Å²) in [5.74, 6) is 0. The van der Waals surface area contributed by atoms with Gasteiger partial charge in [0.15, 0.2) is 0 Å². The first-order valence-corrected chi connectivity index (χ1v) is 9.21. The molecule has 0 amide bonds. The third kappa shape index (κ3) is 3.35. The molecule has 4 nitrogen and oxygen atoms in total. The molecule has 112 valence electrons. The monoisotopic (exact) mass is 360 g/mol. The Bertz CT molecular complexity index is 581. The molecule has 0 aromatic heterocycles. The van der Waals surface area contributed by atoms with Crippen LogP contribution in [0.15, 0.2) is 27.6 Å². The largest absolute Gasteiger partial charge is 0.398 e. The average molecular weight is 361 g/mol. The molecule has 0 spiro atoms. The maximum Gasteiger partial charge on any atom is 0.240 e. The molecule has 1 aliphatic carbocycles. The minimum absolute atomic E-state index is 0.133. The standard InChI is InChI=1S/C14H21BrN2O2S/c1-2-14(7-3-4-8-14)10-17-20(18,19)11-5-6-12(15)13(16)9-11/h5-6,9,17H,2-4,7-8,10,16H2,1H3. The second kappa shape index (κ2) is 6.03. The lowest BCUT2D eigenvalue weighted by Crippen LogP contribution is -2.35. The number of nitrogens with one attached hydrogen (secondary N) is 1. The molecule has 20 heavy (non-hydrogen) atoms. The molecule has 1 saturated carbocycles. The van der Waals surface area contributed by atoms with Gasteiger partial charge in [-0.1, -0.05) is 19.8 Å². The van der Waals surface area contributed by atoms with Gasteiger partial charge in [0.2, 0.25) is 10.0 Å². The van der Waals surface area contributed by atoms with Crippen molar-refractivity contribution in [3.63, 3.8) is 0 Å². The molecule has 0 aliphatic heterocycles. The summed E-state index contributed by atoms with van der Waals surface area (Å²) in [5, 5.41) is 0. The summed E-state index contributed by atoms with van der Waals surface area (Å²) >= 11 is 3.27. The Labute approximate surface area is 129 Å². The Balaban J connectivity index is 2.13. The van der Waals surface area contributed by atoms with Gasteiger partial charge < -0.3 is 5.73 Å². The first-order valence-electron chi connectivity index (χ1n) is 6.93. The summed E-state index contributed by atoms with van der Waals surface area (Å²) in [7, 11) is -3.49. The maximum absolute atomic E-state index is 12.3. The minimum Gasteiger partial charge on any atom is -0.398 e. The highest BCUT2D eigenvalue weighted by Gasteiger charge is 2.33. The zero-order chi connectivity index (χ0) is 14.8. The van der Waals surface area contributed by atoms with Crippen LogP contribution in [0.4, 0.5) is 5.69 Å². The van der Waals surface area contributed by atoms with Gasteiger partial charge in [-0.05, 0) is 58.8 Å². The molecule has 0 unspecified atom stereocenters. The van der Waals surface area contributed by atoms with E-state index in [1.807, 2.05) is 0 Å². The quantitative estimate of drug-likeness (QED) is 0.791. The highest BCUT2D eigenvalue weighted by Crippen LogP contribution is 2.40. The first-order chi connectivity index (χ1) is 9.38. The minimum atomic E-state index is -3.49. The fraction of sp³-hybridized carbons (Fsp3) is 0.571. The topological polar surface area (TPSA) is 72.2 Å². The highest BCUT2D eigenvalue weighted by atomic mass is 79.9. The van der Waals surface area contributed by atoms with E-state index in [1.165, 1.54) is 18.9 Å². The molecule has 0 saturated heterocycles. The molecule has 0 heterocycles. The normalized spacial score (nSPS) is 18.3. The van der Waals surface area contributed by atoms with Gasteiger partial charge in [0.05, 0.1) is 4.90 Å². The second-order valence-corrected chi connectivity index (χ2v) is 8.19. The molecule has 0 atom stereocenters. The van der Waals surface area contributed by atoms with Crippen molar-refractivity contribution in [2.45, 2.75) is 43.9 Å². The smallest absolute Gasteiger partial charge is 0.240 e. The summed E-state index contributed by atoms with van der Waals surface area (Å²) in [4.78, 5) is 0.224. The lowest BCUT2D eigenvalue weighted by atomic mass is 9.84. The van der Waals surface area contributed by atoms with Gasteiger partial charge in [0.1, 0.15) is 0 Å². The van der Waals surface area contributed by atoms with Crippen molar-refractivity contribution in [1.82, 2.24) is 4.72 Å². The predicted molar refractivity (Wildman–Crippen MR) is 84.9 cm³/mol. The average Bonchev–Trinajstić information content (AvgIpc) is 2.89. The summed E-state index contributed by atoms with van der Waals surface area (Å²) < 4.78 is 28.1. The predicted octanol–water partition coefficient (Wildman–Crippen LogP) is 3.28. The number of hydrogen-bond donors (Lipinski definition) is 2. The van der Waals surface area contributed by atoms with E-state index in [9.17, 15) is 8.42 Å². The van der Waals surface area contributed by atoms with E-state index in [0.717, 1.165) is 19.3 Å². The number of hydrogen-bond acceptors (Lipinski definition) is 3. The van der Waals surface area contributed by atoms with Crippen LogP contribution in [0.2, 0.25) is 0 Å². The van der Waals surface area contributed by atoms with Crippen LogP contribution in [0, 0.1) is 5.41 Å². The van der Waals surface area contributed by atoms with E-state index in [1.54, 1.807) is 12.1 Å². The summed E-state index contributed by atoms with van der Waals surface area (Å²) in [6.45, 7) is 2.65. The lowest BCUT2D eigenvalue weighted by molar-refractivity contribution is 0.285. The first kappa shape index (κ1) is 15.8. The fourth-order valence-electron chi connectivity index (χ4n) is 2.80. The molecule has 0 radical (unpaired) electrons. The zero-order valence-electron chi connectivity index (χ0n) is 11.7. The van der Waals surface area contributed by atoms with Crippen molar-refractivity contribution in [3.05, 3.63) is 22.7 Å². The van der Waals surface area contributed by atoms with Crippen molar-refractivity contribution in [1.29, 1.82) is 0 Å². The van der Waals surface area contributed by atoms with Gasteiger partial charge in [0, 0.05) is 16.7 Å². The van der Waals surface area contributed by atoms with Crippen LogP contribution >= 0.6 is 15.9 Å². The molecule has 6 heteroatoms. The van der Waals surface area contributed by atoms with E-state index in [2.05, 4.69) is 27.6 Å². The summed E-state index contributed by atoms with van der Waals surface area (Å²) in [6, 6.07) is 4.71. The van der Waals surface area contributed by atoms with Gasteiger partial charge in [-0.25, -0.2) is 13.1 Å². The Hall–Kier alpha value is -0.590. The number of anilines is 1. The van der Waals surface area contributed by atoms with Crippen molar-refractivity contribution < 1.29 is 8.42 Å². The Morgan fingerprint density at radius 2 is 2.00 bits per heavy atom. The number of benzene rings is 1. The van der Waals surface area contributed by atoms with Crippen molar-refractivity contribution >= 4 is 31.6 Å².